The molecular formula is C22H26N2O2S. The first-order valence-electron chi connectivity index (χ1n) is 9.55. The predicted octanol–water partition coefficient (Wildman–Crippen LogP) is 4.08. The number of aliphatic hydroxyl groups excluding tert-OH is 1. The minimum atomic E-state index is 0.239. The largest absolute Gasteiger partial charge is 0.464 e. The molecule has 1 saturated heterocycles. The zero-order chi connectivity index (χ0) is 18.5. The number of nitrogens with zero attached hydrogens (tertiary/aromatic N) is 2. The monoisotopic (exact) mass is 382 g/mol. The van der Waals surface area contributed by atoms with Crippen LogP contribution in [0.2, 0.25) is 0 Å². The van der Waals surface area contributed by atoms with Gasteiger partial charge < -0.3 is 9.52 Å². The highest BCUT2D eigenvalue weighted by molar-refractivity contribution is 7.09. The zero-order valence-corrected chi connectivity index (χ0v) is 16.3. The third-order valence-electron chi connectivity index (χ3n) is 5.29. The molecule has 0 amide bonds. The first-order valence-corrected chi connectivity index (χ1v) is 10.4. The molecule has 0 aliphatic carbocycles. The Morgan fingerprint density at radius 2 is 1.96 bits per heavy atom. The Hall–Kier alpha value is -1.92. The summed E-state index contributed by atoms with van der Waals surface area (Å²) in [4.78, 5) is 6.43. The number of hydrogen-bond acceptors (Lipinski definition) is 5. The number of thiophene rings is 1. The van der Waals surface area contributed by atoms with Crippen molar-refractivity contribution in [1.82, 2.24) is 9.80 Å². The van der Waals surface area contributed by atoms with E-state index < -0.39 is 0 Å². The fourth-order valence-corrected chi connectivity index (χ4v) is 4.64. The lowest BCUT2D eigenvalue weighted by atomic mass is 10.0. The second kappa shape index (κ2) is 8.85. The van der Waals surface area contributed by atoms with Gasteiger partial charge in [0, 0.05) is 55.8 Å². The molecule has 0 saturated carbocycles. The molecular weight excluding hydrogens is 356 g/mol. The van der Waals surface area contributed by atoms with Crippen molar-refractivity contribution in [2.45, 2.75) is 25.6 Å². The lowest BCUT2D eigenvalue weighted by Crippen LogP contribution is -2.52. The van der Waals surface area contributed by atoms with Crippen LogP contribution in [0, 0.1) is 0 Å². The van der Waals surface area contributed by atoms with Crippen LogP contribution in [0.5, 0.6) is 0 Å². The van der Waals surface area contributed by atoms with Gasteiger partial charge in [-0.2, -0.15) is 0 Å². The van der Waals surface area contributed by atoms with Gasteiger partial charge in [0.15, 0.2) is 0 Å². The number of benzene rings is 1. The van der Waals surface area contributed by atoms with E-state index in [1.165, 1.54) is 16.0 Å². The highest BCUT2D eigenvalue weighted by Crippen LogP contribution is 2.26. The summed E-state index contributed by atoms with van der Waals surface area (Å²) < 4.78 is 5.63. The summed E-state index contributed by atoms with van der Waals surface area (Å²) in [7, 11) is 0. The fourth-order valence-electron chi connectivity index (χ4n) is 3.91. The van der Waals surface area contributed by atoms with Crippen molar-refractivity contribution in [1.29, 1.82) is 0 Å². The molecule has 5 heteroatoms. The standard InChI is InChI=1S/C22H26N2O2S/c25-12-9-19-16-23(10-11-24(19)17-20-6-4-14-27-20)15-18-5-1-2-7-21(18)22-8-3-13-26-22/h1-8,13-14,19,25H,9-12,15-17H2. The van der Waals surface area contributed by atoms with Crippen LogP contribution in [0.1, 0.15) is 16.9 Å². The van der Waals surface area contributed by atoms with Crippen LogP contribution in [-0.4, -0.2) is 47.2 Å². The van der Waals surface area contributed by atoms with Crippen molar-refractivity contribution < 1.29 is 9.52 Å². The minimum Gasteiger partial charge on any atom is -0.464 e. The number of rotatable bonds is 7. The predicted molar refractivity (Wildman–Crippen MR) is 110 cm³/mol. The van der Waals surface area contributed by atoms with E-state index >= 15 is 0 Å². The molecule has 27 heavy (non-hydrogen) atoms. The van der Waals surface area contributed by atoms with Gasteiger partial charge in [-0.05, 0) is 35.6 Å². The van der Waals surface area contributed by atoms with E-state index in [0.29, 0.717) is 6.04 Å². The molecule has 3 heterocycles. The molecule has 1 aliphatic heterocycles. The SMILES string of the molecule is OCCC1CN(Cc2ccccc2-c2ccco2)CCN1Cc1cccs1. The Balaban J connectivity index is 1.45. The third-order valence-corrected chi connectivity index (χ3v) is 6.15. The third kappa shape index (κ3) is 4.50. The zero-order valence-electron chi connectivity index (χ0n) is 15.5. The number of aliphatic hydroxyl groups is 1. The Labute approximate surface area is 164 Å². The van der Waals surface area contributed by atoms with Crippen LogP contribution >= 0.6 is 11.3 Å². The summed E-state index contributed by atoms with van der Waals surface area (Å²) in [6, 6.07) is 17.1. The van der Waals surface area contributed by atoms with Crippen LogP contribution < -0.4 is 0 Å². The topological polar surface area (TPSA) is 39.9 Å². The van der Waals surface area contributed by atoms with Crippen molar-refractivity contribution >= 4 is 11.3 Å². The molecule has 1 unspecified atom stereocenters. The molecule has 1 fully saturated rings. The van der Waals surface area contributed by atoms with Gasteiger partial charge in [0.25, 0.3) is 0 Å². The van der Waals surface area contributed by atoms with Gasteiger partial charge in [-0.1, -0.05) is 30.3 Å². The first kappa shape index (κ1) is 18.4. The molecule has 1 N–H and O–H groups in total. The molecule has 1 aliphatic rings. The highest BCUT2D eigenvalue weighted by atomic mass is 32.1. The van der Waals surface area contributed by atoms with Gasteiger partial charge in [0.1, 0.15) is 5.76 Å². The molecule has 2 aromatic heterocycles. The van der Waals surface area contributed by atoms with Crippen molar-refractivity contribution in [2.75, 3.05) is 26.2 Å². The lowest BCUT2D eigenvalue weighted by Gasteiger charge is -2.41. The molecule has 0 radical (unpaired) electrons. The molecule has 1 atom stereocenters. The van der Waals surface area contributed by atoms with Gasteiger partial charge in [-0.25, -0.2) is 0 Å². The van der Waals surface area contributed by atoms with E-state index in [4.69, 9.17) is 4.42 Å². The van der Waals surface area contributed by atoms with Crippen LogP contribution in [0.25, 0.3) is 11.3 Å². The van der Waals surface area contributed by atoms with Gasteiger partial charge >= 0.3 is 0 Å². The van der Waals surface area contributed by atoms with Crippen molar-refractivity contribution in [3.8, 4) is 11.3 Å². The van der Waals surface area contributed by atoms with Crippen molar-refractivity contribution in [2.24, 2.45) is 0 Å². The average molecular weight is 383 g/mol. The van der Waals surface area contributed by atoms with E-state index in [0.717, 1.165) is 44.9 Å². The summed E-state index contributed by atoms with van der Waals surface area (Å²) >= 11 is 1.81. The molecule has 0 bridgehead atoms. The summed E-state index contributed by atoms with van der Waals surface area (Å²) in [6.45, 7) is 5.19. The van der Waals surface area contributed by atoms with E-state index in [2.05, 4.69) is 51.6 Å². The quantitative estimate of drug-likeness (QED) is 0.668. The van der Waals surface area contributed by atoms with Crippen LogP contribution in [-0.2, 0) is 13.1 Å². The number of hydrogen-bond donors (Lipinski definition) is 1. The van der Waals surface area contributed by atoms with E-state index in [9.17, 15) is 5.11 Å². The fraction of sp³-hybridized carbons (Fsp3) is 0.364. The molecule has 142 valence electrons. The summed E-state index contributed by atoms with van der Waals surface area (Å²) in [5.41, 5.74) is 2.46. The van der Waals surface area contributed by atoms with E-state index in [1.54, 1.807) is 6.26 Å². The Morgan fingerprint density at radius 1 is 1.04 bits per heavy atom. The van der Waals surface area contributed by atoms with Gasteiger partial charge in [-0.3, -0.25) is 9.80 Å². The highest BCUT2D eigenvalue weighted by Gasteiger charge is 2.27. The van der Waals surface area contributed by atoms with Crippen LogP contribution in [0.15, 0.2) is 64.6 Å². The smallest absolute Gasteiger partial charge is 0.134 e. The van der Waals surface area contributed by atoms with Gasteiger partial charge in [-0.15, -0.1) is 11.3 Å². The maximum absolute atomic E-state index is 9.55. The molecule has 3 aromatic rings. The maximum Gasteiger partial charge on any atom is 0.134 e. The summed E-state index contributed by atoms with van der Waals surface area (Å²) in [6.07, 6.45) is 2.55. The van der Waals surface area contributed by atoms with Crippen LogP contribution in [0.4, 0.5) is 0 Å². The minimum absolute atomic E-state index is 0.239. The molecule has 1 aromatic carbocycles. The molecule has 0 spiro atoms. The van der Waals surface area contributed by atoms with Crippen molar-refractivity contribution in [3.05, 3.63) is 70.6 Å². The maximum atomic E-state index is 9.55. The molecule has 4 nitrogen and oxygen atoms in total. The first-order chi connectivity index (χ1) is 13.3. The normalized spacial score (nSPS) is 18.8. The average Bonchev–Trinajstić information content (AvgIpc) is 3.39. The number of piperazine rings is 1. The second-order valence-corrected chi connectivity index (χ2v) is 8.12. The second-order valence-electron chi connectivity index (χ2n) is 7.09. The van der Waals surface area contributed by atoms with Crippen LogP contribution in [0.3, 0.4) is 0 Å². The Kier molecular flexibility index (Phi) is 6.04. The lowest BCUT2D eigenvalue weighted by molar-refractivity contribution is 0.0507. The van der Waals surface area contributed by atoms with Gasteiger partial charge in [0.2, 0.25) is 0 Å². The Bertz CT molecular complexity index is 817. The number of furan rings is 1. The Morgan fingerprint density at radius 3 is 2.74 bits per heavy atom. The summed E-state index contributed by atoms with van der Waals surface area (Å²) in [5, 5.41) is 11.7. The van der Waals surface area contributed by atoms with Gasteiger partial charge in [0.05, 0.1) is 6.26 Å². The summed E-state index contributed by atoms with van der Waals surface area (Å²) in [5.74, 6) is 0.925. The van der Waals surface area contributed by atoms with E-state index in [-0.39, 0.29) is 6.61 Å². The van der Waals surface area contributed by atoms with Crippen molar-refractivity contribution in [3.63, 3.8) is 0 Å². The molecule has 4 rings (SSSR count). The van der Waals surface area contributed by atoms with E-state index in [1.807, 2.05) is 23.5 Å².